The number of hydrogen-bond acceptors (Lipinski definition) is 3. The van der Waals surface area contributed by atoms with Crippen LogP contribution in [0.15, 0.2) is 18.3 Å². The fourth-order valence-electron chi connectivity index (χ4n) is 2.24. The molecule has 0 radical (unpaired) electrons. The summed E-state index contributed by atoms with van der Waals surface area (Å²) in [5.41, 5.74) is -0.688. The molecule has 1 unspecified atom stereocenters. The summed E-state index contributed by atoms with van der Waals surface area (Å²) in [4.78, 5) is 6.07. The minimum Gasteiger partial charge on any atom is -0.356 e. The number of hydrogen-bond donors (Lipinski definition) is 0. The highest BCUT2D eigenvalue weighted by atomic mass is 32.2. The summed E-state index contributed by atoms with van der Waals surface area (Å²) in [5.74, 6) is 0.647. The molecule has 19 heavy (non-hydrogen) atoms. The Balaban J connectivity index is 2.12. The molecule has 0 spiro atoms. The molecule has 1 aliphatic rings. The first kappa shape index (κ1) is 14.5. The SMILES string of the molecule is CSC1CCCCN(c2ccc(C(F)(F)F)cn2)C1. The lowest BCUT2D eigenvalue weighted by Crippen LogP contribution is -2.30. The number of nitrogens with zero attached hydrogens (tertiary/aromatic N) is 2. The molecule has 1 aromatic heterocycles. The van der Waals surface area contributed by atoms with Crippen molar-refractivity contribution in [2.24, 2.45) is 0 Å². The maximum atomic E-state index is 12.5. The van der Waals surface area contributed by atoms with Crippen LogP contribution in [0.2, 0.25) is 0 Å². The summed E-state index contributed by atoms with van der Waals surface area (Å²) in [7, 11) is 0. The normalized spacial score (nSPS) is 21.3. The lowest BCUT2D eigenvalue weighted by atomic mass is 10.2. The lowest BCUT2D eigenvalue weighted by Gasteiger charge is -2.24. The van der Waals surface area contributed by atoms with Crippen molar-refractivity contribution in [1.29, 1.82) is 0 Å². The van der Waals surface area contributed by atoms with Crippen LogP contribution in [0.3, 0.4) is 0 Å². The molecule has 1 aromatic rings. The van der Waals surface area contributed by atoms with E-state index in [2.05, 4.69) is 16.1 Å². The van der Waals surface area contributed by atoms with Crippen LogP contribution in [-0.4, -0.2) is 29.6 Å². The molecule has 1 saturated heterocycles. The molecule has 2 heterocycles. The van der Waals surface area contributed by atoms with Crippen molar-refractivity contribution < 1.29 is 13.2 Å². The van der Waals surface area contributed by atoms with Gasteiger partial charge in [0.2, 0.25) is 0 Å². The fraction of sp³-hybridized carbons (Fsp3) is 0.615. The number of anilines is 1. The van der Waals surface area contributed by atoms with Crippen molar-refractivity contribution >= 4 is 17.6 Å². The quantitative estimate of drug-likeness (QED) is 0.823. The van der Waals surface area contributed by atoms with Gasteiger partial charge in [-0.05, 0) is 31.2 Å². The lowest BCUT2D eigenvalue weighted by molar-refractivity contribution is -0.137. The first-order chi connectivity index (χ1) is 9.00. The molecule has 0 N–H and O–H groups in total. The number of aromatic nitrogens is 1. The smallest absolute Gasteiger partial charge is 0.356 e. The average molecular weight is 290 g/mol. The van der Waals surface area contributed by atoms with E-state index in [1.165, 1.54) is 12.5 Å². The summed E-state index contributed by atoms with van der Waals surface area (Å²) >= 11 is 1.82. The van der Waals surface area contributed by atoms with E-state index >= 15 is 0 Å². The number of rotatable bonds is 2. The molecular formula is C13H17F3N2S. The van der Waals surface area contributed by atoms with Crippen molar-refractivity contribution in [3.63, 3.8) is 0 Å². The maximum Gasteiger partial charge on any atom is 0.417 e. The maximum absolute atomic E-state index is 12.5. The molecule has 0 saturated carbocycles. The zero-order valence-corrected chi connectivity index (χ0v) is 11.6. The third-order valence-corrected chi connectivity index (χ3v) is 4.41. The predicted octanol–water partition coefficient (Wildman–Crippen LogP) is 3.82. The van der Waals surface area contributed by atoms with Crippen molar-refractivity contribution in [3.8, 4) is 0 Å². The molecule has 2 nitrogen and oxygen atoms in total. The number of alkyl halides is 3. The standard InChI is InChI=1S/C13H17F3N2S/c1-19-11-4-2-3-7-18(9-11)12-6-5-10(8-17-12)13(14,15)16/h5-6,8,11H,2-4,7,9H2,1H3. The van der Waals surface area contributed by atoms with Gasteiger partial charge in [-0.1, -0.05) is 6.42 Å². The first-order valence-electron chi connectivity index (χ1n) is 6.31. The topological polar surface area (TPSA) is 16.1 Å². The van der Waals surface area contributed by atoms with Crippen molar-refractivity contribution in [2.45, 2.75) is 30.7 Å². The Hall–Kier alpha value is -0.910. The highest BCUT2D eigenvalue weighted by Gasteiger charge is 2.31. The van der Waals surface area contributed by atoms with Crippen LogP contribution < -0.4 is 4.90 Å². The van der Waals surface area contributed by atoms with Crippen LogP contribution >= 0.6 is 11.8 Å². The van der Waals surface area contributed by atoms with Gasteiger partial charge in [-0.2, -0.15) is 24.9 Å². The van der Waals surface area contributed by atoms with Crippen molar-refractivity contribution in [2.75, 3.05) is 24.2 Å². The summed E-state index contributed by atoms with van der Waals surface area (Å²) in [6, 6.07) is 2.59. The number of halogens is 3. The second-order valence-corrected chi connectivity index (χ2v) is 5.84. The Kier molecular flexibility index (Phi) is 4.60. The van der Waals surface area contributed by atoms with Crippen molar-refractivity contribution in [3.05, 3.63) is 23.9 Å². The Bertz CT molecular complexity index is 405. The Morgan fingerprint density at radius 2 is 2.11 bits per heavy atom. The van der Waals surface area contributed by atoms with Gasteiger partial charge in [0.05, 0.1) is 5.56 Å². The third-order valence-electron chi connectivity index (χ3n) is 3.36. The Labute approximate surface area is 115 Å². The van der Waals surface area contributed by atoms with E-state index in [0.29, 0.717) is 11.1 Å². The van der Waals surface area contributed by atoms with Gasteiger partial charge in [-0.3, -0.25) is 0 Å². The predicted molar refractivity (Wildman–Crippen MR) is 72.6 cm³/mol. The van der Waals surface area contributed by atoms with E-state index in [-0.39, 0.29) is 0 Å². The minimum absolute atomic E-state index is 0.534. The summed E-state index contributed by atoms with van der Waals surface area (Å²) in [6.45, 7) is 1.73. The van der Waals surface area contributed by atoms with Crippen LogP contribution in [0.25, 0.3) is 0 Å². The van der Waals surface area contributed by atoms with E-state index in [1.807, 2.05) is 11.8 Å². The Morgan fingerprint density at radius 3 is 2.68 bits per heavy atom. The largest absolute Gasteiger partial charge is 0.417 e. The van der Waals surface area contributed by atoms with Crippen LogP contribution in [0.5, 0.6) is 0 Å². The van der Waals surface area contributed by atoms with E-state index in [4.69, 9.17) is 0 Å². The van der Waals surface area contributed by atoms with Gasteiger partial charge >= 0.3 is 6.18 Å². The molecule has 2 rings (SSSR count). The molecular weight excluding hydrogens is 273 g/mol. The van der Waals surface area contributed by atoms with Gasteiger partial charge in [-0.25, -0.2) is 4.98 Å². The molecule has 0 bridgehead atoms. The van der Waals surface area contributed by atoms with Gasteiger partial charge < -0.3 is 4.90 Å². The summed E-state index contributed by atoms with van der Waals surface area (Å²) < 4.78 is 37.5. The molecule has 0 aliphatic carbocycles. The number of pyridine rings is 1. The minimum atomic E-state index is -4.31. The van der Waals surface area contributed by atoms with E-state index < -0.39 is 11.7 Å². The van der Waals surface area contributed by atoms with Gasteiger partial charge in [0.1, 0.15) is 5.82 Å². The molecule has 1 atom stereocenters. The van der Waals surface area contributed by atoms with Crippen molar-refractivity contribution in [1.82, 2.24) is 4.98 Å². The molecule has 1 aliphatic heterocycles. The second-order valence-electron chi connectivity index (χ2n) is 4.70. The second kappa shape index (κ2) is 6.03. The first-order valence-corrected chi connectivity index (χ1v) is 7.60. The molecule has 1 fully saturated rings. The van der Waals surface area contributed by atoms with Crippen LogP contribution in [0.1, 0.15) is 24.8 Å². The van der Waals surface area contributed by atoms with Gasteiger partial charge in [0, 0.05) is 24.5 Å². The molecule has 106 valence electrons. The highest BCUT2D eigenvalue weighted by Crippen LogP contribution is 2.30. The molecule has 0 aromatic carbocycles. The zero-order chi connectivity index (χ0) is 13.9. The van der Waals surface area contributed by atoms with Gasteiger partial charge in [-0.15, -0.1) is 0 Å². The van der Waals surface area contributed by atoms with Gasteiger partial charge in [0.25, 0.3) is 0 Å². The molecule has 0 amide bonds. The third kappa shape index (κ3) is 3.78. The molecule has 6 heteroatoms. The van der Waals surface area contributed by atoms with Gasteiger partial charge in [0.15, 0.2) is 0 Å². The van der Waals surface area contributed by atoms with E-state index in [0.717, 1.165) is 38.2 Å². The van der Waals surface area contributed by atoms with E-state index in [1.54, 1.807) is 0 Å². The van der Waals surface area contributed by atoms with Crippen LogP contribution in [-0.2, 0) is 6.18 Å². The van der Waals surface area contributed by atoms with Crippen LogP contribution in [0.4, 0.5) is 19.0 Å². The zero-order valence-electron chi connectivity index (χ0n) is 10.8. The van der Waals surface area contributed by atoms with E-state index in [9.17, 15) is 13.2 Å². The van der Waals surface area contributed by atoms with Crippen LogP contribution in [0, 0.1) is 0 Å². The summed E-state index contributed by atoms with van der Waals surface area (Å²) in [6.07, 6.45) is 2.09. The number of thioether (sulfide) groups is 1. The average Bonchev–Trinajstić information content (AvgIpc) is 2.63. The monoisotopic (exact) mass is 290 g/mol. The Morgan fingerprint density at radius 1 is 1.32 bits per heavy atom. The fourth-order valence-corrected chi connectivity index (χ4v) is 2.98. The summed E-state index contributed by atoms with van der Waals surface area (Å²) in [5, 5.41) is 0.534. The highest BCUT2D eigenvalue weighted by molar-refractivity contribution is 7.99.